The Morgan fingerprint density at radius 1 is 0.581 bits per heavy atom. The molecule has 222 valence electrons. The number of nitrogens with zero attached hydrogens (tertiary/aromatic N) is 3. The molecule has 0 spiro atoms. The summed E-state index contributed by atoms with van der Waals surface area (Å²) >= 11 is 0. The van der Waals surface area contributed by atoms with Crippen LogP contribution >= 0.6 is 0 Å². The third-order valence-corrected chi connectivity index (χ3v) is 6.59. The minimum absolute atomic E-state index is 0.0586. The summed E-state index contributed by atoms with van der Waals surface area (Å²) in [7, 11) is 0. The Hall–Kier alpha value is -5.39. The minimum Gasteiger partial charge on any atom is -0.550 e. The lowest BCUT2D eigenvalue weighted by atomic mass is 9.95. The molecule has 0 saturated carbocycles. The van der Waals surface area contributed by atoms with Gasteiger partial charge in [0.15, 0.2) is 0 Å². The number of hydrogen-bond donors (Lipinski definition) is 0. The van der Waals surface area contributed by atoms with Gasteiger partial charge in [0.05, 0.1) is 29.0 Å². The van der Waals surface area contributed by atoms with E-state index in [2.05, 4.69) is 9.97 Å². The second-order valence-corrected chi connectivity index (χ2v) is 10.1. The summed E-state index contributed by atoms with van der Waals surface area (Å²) in [5.41, 5.74) is 3.22. The number of carbonyl (C=O) groups excluding carboxylic acids is 4. The van der Waals surface area contributed by atoms with Crippen LogP contribution < -0.4 is 20.4 Å². The van der Waals surface area contributed by atoms with Crippen molar-refractivity contribution in [1.82, 2.24) is 15.0 Å². The first kappa shape index (κ1) is 30.6. The van der Waals surface area contributed by atoms with Crippen molar-refractivity contribution in [2.24, 2.45) is 11.8 Å². The number of rotatable bonds is 15. The standard InChI is InChI=1S/C31H29N3O9/c35-28(36)12-18(13-29(37)38)10-21-4-1-6-23(32-21)25-16-20(27-8-3-9-43-27)17-26(34-25)24-7-2-5-22(33-24)11-19(14-30(39)40)15-31(41)42/h1-9,16-19H,10-15H2,(H,35,36)(H,37,38)(H,39,40)(H,41,42)/p-4. The second kappa shape index (κ2) is 14.0. The van der Waals surface area contributed by atoms with Crippen LogP contribution in [0, 0.1) is 11.8 Å². The van der Waals surface area contributed by atoms with Crippen molar-refractivity contribution >= 4 is 23.9 Å². The fourth-order valence-corrected chi connectivity index (χ4v) is 4.82. The van der Waals surface area contributed by atoms with Crippen molar-refractivity contribution in [2.75, 3.05) is 0 Å². The highest BCUT2D eigenvalue weighted by atomic mass is 16.4. The average Bonchev–Trinajstić information content (AvgIpc) is 3.47. The number of aromatic nitrogens is 3. The molecular weight excluding hydrogens is 558 g/mol. The van der Waals surface area contributed by atoms with Gasteiger partial charge >= 0.3 is 0 Å². The van der Waals surface area contributed by atoms with Gasteiger partial charge in [0.2, 0.25) is 0 Å². The molecule has 0 aliphatic heterocycles. The molecular formula is C31H25N3O9-4. The van der Waals surface area contributed by atoms with E-state index in [0.717, 1.165) is 0 Å². The van der Waals surface area contributed by atoms with Crippen molar-refractivity contribution in [1.29, 1.82) is 0 Å². The first-order valence-electron chi connectivity index (χ1n) is 13.3. The maximum Gasteiger partial charge on any atom is 0.134 e. The van der Waals surface area contributed by atoms with Crippen molar-refractivity contribution in [3.63, 3.8) is 0 Å². The Morgan fingerprint density at radius 2 is 1.02 bits per heavy atom. The van der Waals surface area contributed by atoms with E-state index in [9.17, 15) is 39.6 Å². The molecule has 0 aliphatic carbocycles. The van der Waals surface area contributed by atoms with Gasteiger partial charge in [-0.25, -0.2) is 4.98 Å². The minimum atomic E-state index is -1.37. The van der Waals surface area contributed by atoms with Crippen molar-refractivity contribution in [3.05, 3.63) is 78.3 Å². The highest BCUT2D eigenvalue weighted by Gasteiger charge is 2.17. The van der Waals surface area contributed by atoms with Crippen LogP contribution in [0.15, 0.2) is 71.3 Å². The van der Waals surface area contributed by atoms with Gasteiger partial charge < -0.3 is 44.0 Å². The third kappa shape index (κ3) is 9.05. The number of hydrogen-bond acceptors (Lipinski definition) is 12. The number of aliphatic carboxylic acids is 4. The molecule has 0 N–H and O–H groups in total. The van der Waals surface area contributed by atoms with E-state index in [1.807, 2.05) is 0 Å². The predicted molar refractivity (Wildman–Crippen MR) is 141 cm³/mol. The number of furan rings is 1. The Balaban J connectivity index is 1.71. The second-order valence-electron chi connectivity index (χ2n) is 10.1. The Morgan fingerprint density at radius 3 is 1.40 bits per heavy atom. The summed E-state index contributed by atoms with van der Waals surface area (Å²) < 4.78 is 5.59. The van der Waals surface area contributed by atoms with Gasteiger partial charge in [-0.15, -0.1) is 0 Å². The van der Waals surface area contributed by atoms with E-state index >= 15 is 0 Å². The van der Waals surface area contributed by atoms with Crippen molar-refractivity contribution < 1.29 is 44.0 Å². The third-order valence-electron chi connectivity index (χ3n) is 6.59. The summed E-state index contributed by atoms with van der Waals surface area (Å²) in [6.45, 7) is 0. The lowest BCUT2D eigenvalue weighted by Crippen LogP contribution is -2.31. The SMILES string of the molecule is O=C([O-])CC(CC(=O)[O-])Cc1cccc(-c2cc(-c3ccco3)cc(-c3cccc(CC(CC(=O)[O-])CC(=O)[O-])n3)n2)n1. The smallest absolute Gasteiger partial charge is 0.134 e. The first-order valence-corrected chi connectivity index (χ1v) is 13.3. The molecule has 12 nitrogen and oxygen atoms in total. The molecule has 4 aromatic heterocycles. The number of carbonyl (C=O) groups is 4. The largest absolute Gasteiger partial charge is 0.550 e. The highest BCUT2D eigenvalue weighted by molar-refractivity contribution is 5.73. The van der Waals surface area contributed by atoms with E-state index in [0.29, 0.717) is 45.5 Å². The normalized spacial score (nSPS) is 11.1. The first-order chi connectivity index (χ1) is 20.5. The zero-order chi connectivity index (χ0) is 30.9. The van der Waals surface area contributed by atoms with Crippen molar-refractivity contribution in [3.8, 4) is 34.1 Å². The highest BCUT2D eigenvalue weighted by Crippen LogP contribution is 2.30. The molecule has 4 aromatic rings. The predicted octanol–water partition coefficient (Wildman–Crippen LogP) is -0.657. The van der Waals surface area contributed by atoms with Crippen LogP contribution in [0.5, 0.6) is 0 Å². The van der Waals surface area contributed by atoms with Crippen LogP contribution in [0.3, 0.4) is 0 Å². The van der Waals surface area contributed by atoms with Crippen LogP contribution in [-0.4, -0.2) is 38.8 Å². The fraction of sp³-hybridized carbons (Fsp3) is 0.258. The summed E-state index contributed by atoms with van der Waals surface area (Å²) in [6, 6.07) is 17.1. The molecule has 0 atom stereocenters. The quantitative estimate of drug-likeness (QED) is 0.171. The Labute approximate surface area is 245 Å². The maximum atomic E-state index is 11.1. The van der Waals surface area contributed by atoms with E-state index < -0.39 is 61.4 Å². The van der Waals surface area contributed by atoms with Crippen LogP contribution in [0.25, 0.3) is 34.1 Å². The van der Waals surface area contributed by atoms with Gasteiger partial charge in [0.1, 0.15) is 5.76 Å². The summed E-state index contributed by atoms with van der Waals surface area (Å²) in [6.07, 6.45) is -0.241. The summed E-state index contributed by atoms with van der Waals surface area (Å²) in [5.74, 6) is -6.52. The molecule has 0 saturated heterocycles. The molecule has 0 amide bonds. The van der Waals surface area contributed by atoms with Crippen LogP contribution in [0.4, 0.5) is 0 Å². The molecule has 0 fully saturated rings. The summed E-state index contributed by atoms with van der Waals surface area (Å²) in [4.78, 5) is 58.5. The summed E-state index contributed by atoms with van der Waals surface area (Å²) in [5, 5.41) is 44.6. The van der Waals surface area contributed by atoms with Gasteiger partial charge in [0.25, 0.3) is 0 Å². The number of pyridine rings is 3. The van der Waals surface area contributed by atoms with Gasteiger partial charge in [-0.1, -0.05) is 12.1 Å². The fourth-order valence-electron chi connectivity index (χ4n) is 4.82. The monoisotopic (exact) mass is 583 g/mol. The molecule has 4 heterocycles. The van der Waals surface area contributed by atoms with E-state index in [4.69, 9.17) is 9.40 Å². The van der Waals surface area contributed by atoms with Crippen LogP contribution in [0.1, 0.15) is 37.1 Å². The molecule has 0 aliphatic rings. The lowest BCUT2D eigenvalue weighted by Gasteiger charge is -2.18. The Bertz CT molecular complexity index is 1490. The maximum absolute atomic E-state index is 11.1. The van der Waals surface area contributed by atoms with Crippen molar-refractivity contribution in [2.45, 2.75) is 38.5 Å². The zero-order valence-corrected chi connectivity index (χ0v) is 22.8. The zero-order valence-electron chi connectivity index (χ0n) is 22.8. The van der Waals surface area contributed by atoms with Gasteiger partial charge in [-0.3, -0.25) is 9.97 Å². The molecule has 0 radical (unpaired) electrons. The Kier molecular flexibility index (Phi) is 9.94. The molecule has 4 rings (SSSR count). The molecule has 0 unspecified atom stereocenters. The van der Waals surface area contributed by atoms with Crippen LogP contribution in [0.2, 0.25) is 0 Å². The average molecular weight is 584 g/mol. The molecule has 0 aromatic carbocycles. The van der Waals surface area contributed by atoms with Gasteiger partial charge in [-0.2, -0.15) is 0 Å². The van der Waals surface area contributed by atoms with E-state index in [1.165, 1.54) is 6.26 Å². The molecule has 43 heavy (non-hydrogen) atoms. The van der Waals surface area contributed by atoms with Gasteiger partial charge in [0, 0.05) is 40.8 Å². The van der Waals surface area contributed by atoms with Gasteiger partial charge in [-0.05, 0) is 98.9 Å². The van der Waals surface area contributed by atoms with E-state index in [1.54, 1.807) is 60.7 Å². The van der Waals surface area contributed by atoms with Crippen LogP contribution in [-0.2, 0) is 32.0 Å². The van der Waals surface area contributed by atoms with E-state index in [-0.39, 0.29) is 12.8 Å². The topological polar surface area (TPSA) is 212 Å². The lowest BCUT2D eigenvalue weighted by molar-refractivity contribution is -0.312. The molecule has 12 heteroatoms. The molecule has 0 bridgehead atoms. The number of carboxylic acid groups (broad SMARTS) is 4. The number of carboxylic acids is 4.